The van der Waals surface area contributed by atoms with Crippen molar-refractivity contribution in [3.63, 3.8) is 0 Å². The number of nitrogens with two attached hydrogens (primary N) is 1. The zero-order valence-corrected chi connectivity index (χ0v) is 11.7. The minimum absolute atomic E-state index is 0.704. The molecule has 0 spiro atoms. The maximum Gasteiger partial charge on any atom is 0.0389 e. The van der Waals surface area contributed by atoms with Crippen molar-refractivity contribution in [3.05, 3.63) is 24.3 Å². The van der Waals surface area contributed by atoms with Crippen LogP contribution >= 0.6 is 0 Å². The summed E-state index contributed by atoms with van der Waals surface area (Å²) in [7, 11) is 0. The third-order valence-corrected chi connectivity index (χ3v) is 4.34. The molecule has 0 aromatic heterocycles. The fraction of sp³-hybridized carbons (Fsp3) is 0.625. The molecule has 1 aromatic carbocycles. The van der Waals surface area contributed by atoms with Crippen molar-refractivity contribution in [2.24, 2.45) is 5.92 Å². The van der Waals surface area contributed by atoms with E-state index in [4.69, 9.17) is 5.73 Å². The molecule has 0 heterocycles. The van der Waals surface area contributed by atoms with Crippen LogP contribution in [0.1, 0.15) is 46.0 Å². The highest BCUT2D eigenvalue weighted by Gasteiger charge is 2.28. The Morgan fingerprint density at radius 2 is 2.00 bits per heavy atom. The third-order valence-electron chi connectivity index (χ3n) is 4.34. The monoisotopic (exact) mass is 246 g/mol. The van der Waals surface area contributed by atoms with E-state index in [0.717, 1.165) is 18.2 Å². The van der Waals surface area contributed by atoms with Gasteiger partial charge >= 0.3 is 0 Å². The predicted molar refractivity (Wildman–Crippen MR) is 79.9 cm³/mol. The van der Waals surface area contributed by atoms with Gasteiger partial charge in [0.2, 0.25) is 0 Å². The Bertz CT molecular complexity index is 375. The van der Waals surface area contributed by atoms with E-state index in [1.807, 2.05) is 6.07 Å². The van der Waals surface area contributed by atoms with Gasteiger partial charge in [-0.3, -0.25) is 0 Å². The van der Waals surface area contributed by atoms with Gasteiger partial charge in [0.15, 0.2) is 0 Å². The molecule has 1 saturated carbocycles. The lowest BCUT2D eigenvalue weighted by Gasteiger charge is -2.41. The molecule has 1 fully saturated rings. The molecule has 0 radical (unpaired) electrons. The first-order valence-corrected chi connectivity index (χ1v) is 7.38. The van der Waals surface area contributed by atoms with Crippen LogP contribution in [0.25, 0.3) is 0 Å². The largest absolute Gasteiger partial charge is 0.399 e. The van der Waals surface area contributed by atoms with E-state index in [1.54, 1.807) is 0 Å². The molecule has 0 bridgehead atoms. The fourth-order valence-electron chi connectivity index (χ4n) is 3.39. The molecule has 1 aromatic rings. The maximum atomic E-state index is 5.92. The Morgan fingerprint density at radius 1 is 1.22 bits per heavy atom. The van der Waals surface area contributed by atoms with Crippen molar-refractivity contribution in [1.29, 1.82) is 0 Å². The predicted octanol–water partition coefficient (Wildman–Crippen LogP) is 4.06. The molecule has 0 amide bonds. The van der Waals surface area contributed by atoms with Gasteiger partial charge in [-0.15, -0.1) is 0 Å². The lowest BCUT2D eigenvalue weighted by atomic mass is 9.81. The van der Waals surface area contributed by atoms with Gasteiger partial charge in [-0.05, 0) is 43.9 Å². The van der Waals surface area contributed by atoms with Crippen LogP contribution < -0.4 is 10.6 Å². The highest BCUT2D eigenvalue weighted by molar-refractivity contribution is 5.56. The van der Waals surface area contributed by atoms with Gasteiger partial charge < -0.3 is 10.6 Å². The zero-order chi connectivity index (χ0) is 13.0. The van der Waals surface area contributed by atoms with Crippen LogP contribution in [0.3, 0.4) is 0 Å². The summed E-state index contributed by atoms with van der Waals surface area (Å²) in [6.45, 7) is 5.66. The minimum atomic E-state index is 0.704. The van der Waals surface area contributed by atoms with E-state index in [9.17, 15) is 0 Å². The molecule has 2 nitrogen and oxygen atoms in total. The summed E-state index contributed by atoms with van der Waals surface area (Å²) in [5.41, 5.74) is 8.09. The Kier molecular flexibility index (Phi) is 4.51. The van der Waals surface area contributed by atoms with Crippen LogP contribution in [-0.4, -0.2) is 12.6 Å². The van der Waals surface area contributed by atoms with Gasteiger partial charge in [-0.25, -0.2) is 0 Å². The van der Waals surface area contributed by atoms with Crippen LogP contribution in [-0.2, 0) is 0 Å². The minimum Gasteiger partial charge on any atom is -0.399 e. The number of benzene rings is 1. The number of anilines is 2. The molecule has 2 atom stereocenters. The van der Waals surface area contributed by atoms with Crippen LogP contribution in [0.5, 0.6) is 0 Å². The first kappa shape index (κ1) is 13.3. The van der Waals surface area contributed by atoms with Crippen LogP contribution in [0.2, 0.25) is 0 Å². The lowest BCUT2D eigenvalue weighted by Crippen LogP contribution is -2.42. The van der Waals surface area contributed by atoms with Crippen molar-refractivity contribution < 1.29 is 0 Å². The Hall–Kier alpha value is -1.18. The summed E-state index contributed by atoms with van der Waals surface area (Å²) < 4.78 is 0. The fourth-order valence-corrected chi connectivity index (χ4v) is 3.39. The molecule has 1 aliphatic carbocycles. The molecular formula is C16H26N2. The summed E-state index contributed by atoms with van der Waals surface area (Å²) in [6.07, 6.45) is 6.80. The molecule has 0 saturated heterocycles. The highest BCUT2D eigenvalue weighted by atomic mass is 15.2. The quantitative estimate of drug-likeness (QED) is 0.812. The van der Waals surface area contributed by atoms with Gasteiger partial charge in [0.25, 0.3) is 0 Å². The van der Waals surface area contributed by atoms with Crippen molar-refractivity contribution in [1.82, 2.24) is 0 Å². The number of rotatable bonds is 4. The first-order chi connectivity index (χ1) is 8.76. The average Bonchev–Trinajstić information content (AvgIpc) is 2.40. The summed E-state index contributed by atoms with van der Waals surface area (Å²) in [6, 6.07) is 9.05. The van der Waals surface area contributed by atoms with Gasteiger partial charge in [-0.1, -0.05) is 32.3 Å². The third kappa shape index (κ3) is 2.80. The SMILES string of the molecule is CCC1CCCCC1N(CC)c1cccc(N)c1. The van der Waals surface area contributed by atoms with Crippen LogP contribution in [0, 0.1) is 5.92 Å². The molecule has 2 heteroatoms. The zero-order valence-electron chi connectivity index (χ0n) is 11.7. The van der Waals surface area contributed by atoms with Crippen molar-refractivity contribution in [2.75, 3.05) is 17.2 Å². The molecule has 2 unspecified atom stereocenters. The molecular weight excluding hydrogens is 220 g/mol. The van der Waals surface area contributed by atoms with Crippen molar-refractivity contribution >= 4 is 11.4 Å². The molecule has 1 aliphatic rings. The number of hydrogen-bond donors (Lipinski definition) is 1. The smallest absolute Gasteiger partial charge is 0.0389 e. The van der Waals surface area contributed by atoms with E-state index in [1.165, 1.54) is 37.8 Å². The second-order valence-corrected chi connectivity index (χ2v) is 5.40. The van der Waals surface area contributed by atoms with E-state index in [2.05, 4.69) is 36.9 Å². The lowest BCUT2D eigenvalue weighted by molar-refractivity contribution is 0.287. The molecule has 0 aliphatic heterocycles. The van der Waals surface area contributed by atoms with Crippen molar-refractivity contribution in [3.8, 4) is 0 Å². The van der Waals surface area contributed by atoms with E-state index in [0.29, 0.717) is 6.04 Å². The Morgan fingerprint density at radius 3 is 2.67 bits per heavy atom. The van der Waals surface area contributed by atoms with E-state index < -0.39 is 0 Å². The van der Waals surface area contributed by atoms with Crippen LogP contribution in [0.15, 0.2) is 24.3 Å². The molecule has 18 heavy (non-hydrogen) atoms. The maximum absolute atomic E-state index is 5.92. The summed E-state index contributed by atoms with van der Waals surface area (Å²) in [4.78, 5) is 2.56. The van der Waals surface area contributed by atoms with Gasteiger partial charge in [0, 0.05) is 24.0 Å². The number of nitrogens with zero attached hydrogens (tertiary/aromatic N) is 1. The van der Waals surface area contributed by atoms with Gasteiger partial charge in [0.1, 0.15) is 0 Å². The van der Waals surface area contributed by atoms with Crippen LogP contribution in [0.4, 0.5) is 11.4 Å². The number of hydrogen-bond acceptors (Lipinski definition) is 2. The standard InChI is InChI=1S/C16H26N2/c1-3-13-8-5-6-11-16(13)18(4-2)15-10-7-9-14(17)12-15/h7,9-10,12-13,16H,3-6,8,11,17H2,1-2H3. The molecule has 2 N–H and O–H groups in total. The first-order valence-electron chi connectivity index (χ1n) is 7.38. The average molecular weight is 246 g/mol. The summed E-state index contributed by atoms with van der Waals surface area (Å²) in [5, 5.41) is 0. The van der Waals surface area contributed by atoms with E-state index in [-0.39, 0.29) is 0 Å². The second-order valence-electron chi connectivity index (χ2n) is 5.40. The second kappa shape index (κ2) is 6.12. The van der Waals surface area contributed by atoms with Crippen molar-refractivity contribution in [2.45, 2.75) is 52.0 Å². The Labute approximate surface area is 111 Å². The topological polar surface area (TPSA) is 29.3 Å². The summed E-state index contributed by atoms with van der Waals surface area (Å²) in [5.74, 6) is 0.847. The van der Waals surface area contributed by atoms with E-state index >= 15 is 0 Å². The van der Waals surface area contributed by atoms with Gasteiger partial charge in [0.05, 0.1) is 0 Å². The van der Waals surface area contributed by atoms with Gasteiger partial charge in [-0.2, -0.15) is 0 Å². The molecule has 2 rings (SSSR count). The number of nitrogen functional groups attached to an aromatic ring is 1. The summed E-state index contributed by atoms with van der Waals surface area (Å²) >= 11 is 0. The highest BCUT2D eigenvalue weighted by Crippen LogP contribution is 2.33. The normalized spacial score (nSPS) is 23.9. The molecule has 100 valence electrons. The Balaban J connectivity index is 2.21.